The number of allylic oxidation sites excluding steroid dienone is 7. The van der Waals surface area contributed by atoms with E-state index in [-0.39, 0.29) is 0 Å². The topological polar surface area (TPSA) is 0 Å². The van der Waals surface area contributed by atoms with Crippen molar-refractivity contribution in [3.8, 4) is 22.3 Å². The molecule has 0 bridgehead atoms. The molecule has 3 aromatic rings. The molecule has 0 aliphatic carbocycles. The summed E-state index contributed by atoms with van der Waals surface area (Å²) in [4.78, 5) is 0. The van der Waals surface area contributed by atoms with Gasteiger partial charge in [-0.25, -0.2) is 0 Å². The van der Waals surface area contributed by atoms with Crippen molar-refractivity contribution in [1.29, 1.82) is 0 Å². The van der Waals surface area contributed by atoms with Crippen molar-refractivity contribution in [2.45, 2.75) is 41.5 Å². The number of halogens is 1. The van der Waals surface area contributed by atoms with Crippen molar-refractivity contribution in [1.82, 2.24) is 0 Å². The molecule has 3 aromatic carbocycles. The minimum absolute atomic E-state index is 1.06. The molecule has 0 fully saturated rings. The van der Waals surface area contributed by atoms with Gasteiger partial charge in [0.1, 0.15) is 0 Å². The first-order chi connectivity index (χ1) is 16.8. The van der Waals surface area contributed by atoms with E-state index in [1.54, 1.807) is 0 Å². The van der Waals surface area contributed by atoms with E-state index in [4.69, 9.17) is 0 Å². The van der Waals surface area contributed by atoms with Crippen molar-refractivity contribution < 1.29 is 0 Å². The number of hydrogen-bond donors (Lipinski definition) is 0. The Kier molecular flexibility index (Phi) is 13.4. The highest BCUT2D eigenvalue weighted by Gasteiger charge is 2.07. The summed E-state index contributed by atoms with van der Waals surface area (Å²) >= 11 is 3.50. The molecule has 0 aliphatic rings. The second-order valence-corrected chi connectivity index (χ2v) is 8.95. The smallest absolute Gasteiger partial charge is 0.0175 e. The van der Waals surface area contributed by atoms with Gasteiger partial charge in [-0.05, 0) is 90.9 Å². The fourth-order valence-electron chi connectivity index (χ4n) is 3.17. The fraction of sp³-hybridized carbons (Fsp3) is 0.176. The predicted molar refractivity (Wildman–Crippen MR) is 164 cm³/mol. The monoisotopic (exact) mass is 526 g/mol. The Morgan fingerprint density at radius 3 is 1.80 bits per heavy atom. The summed E-state index contributed by atoms with van der Waals surface area (Å²) in [6.45, 7) is 23.2. The first-order valence-electron chi connectivity index (χ1n) is 12.0. The number of rotatable bonds is 6. The molecule has 3 rings (SSSR count). The average molecular weight is 528 g/mol. The van der Waals surface area contributed by atoms with Gasteiger partial charge < -0.3 is 0 Å². The maximum absolute atomic E-state index is 3.86. The lowest BCUT2D eigenvalue weighted by atomic mass is 9.93. The quantitative estimate of drug-likeness (QED) is 0.280. The van der Waals surface area contributed by atoms with Crippen LogP contribution in [0.15, 0.2) is 126 Å². The van der Waals surface area contributed by atoms with Crippen LogP contribution in [0.4, 0.5) is 0 Å². The largest absolute Gasteiger partial charge is 0.0990 e. The van der Waals surface area contributed by atoms with Crippen LogP contribution in [-0.4, -0.2) is 0 Å². The Balaban J connectivity index is 0.000000670. The minimum atomic E-state index is 1.06. The molecule has 0 N–H and O–H groups in total. The molecule has 0 nitrogen and oxygen atoms in total. The van der Waals surface area contributed by atoms with Gasteiger partial charge >= 0.3 is 0 Å². The number of benzene rings is 3. The Labute approximate surface area is 222 Å². The van der Waals surface area contributed by atoms with E-state index < -0.39 is 0 Å². The standard InChI is InChI=1S/C26H23Br.C6H10.C2H6/c1-4-7-21(8-5-2)26-18-24(12-11-19(26)3)23-10-6-9-22(17-23)20-13-15-25(27)16-14-20;1-5(2)6(3)4;1-2/h4-18H,1H2,2-3H3;1,3H2,2,4H3;1-2H3/b8-5-,21-7+;;. The van der Waals surface area contributed by atoms with Gasteiger partial charge in [-0.1, -0.05) is 127 Å². The van der Waals surface area contributed by atoms with Gasteiger partial charge in [0.05, 0.1) is 0 Å². The molecule has 0 spiro atoms. The van der Waals surface area contributed by atoms with Crippen molar-refractivity contribution in [3.05, 3.63) is 138 Å². The van der Waals surface area contributed by atoms with Crippen LogP contribution in [0, 0.1) is 6.92 Å². The van der Waals surface area contributed by atoms with Crippen molar-refractivity contribution in [2.24, 2.45) is 0 Å². The average Bonchev–Trinajstić information content (AvgIpc) is 2.86. The lowest BCUT2D eigenvalue weighted by molar-refractivity contribution is 1.39. The Morgan fingerprint density at radius 2 is 1.29 bits per heavy atom. The first kappa shape index (κ1) is 29.9. The third kappa shape index (κ3) is 9.54. The van der Waals surface area contributed by atoms with Gasteiger partial charge in [0.15, 0.2) is 0 Å². The van der Waals surface area contributed by atoms with Gasteiger partial charge in [-0.15, -0.1) is 0 Å². The van der Waals surface area contributed by atoms with Gasteiger partial charge in [0.2, 0.25) is 0 Å². The summed E-state index contributed by atoms with van der Waals surface area (Å²) in [5, 5.41) is 0. The van der Waals surface area contributed by atoms with E-state index in [0.29, 0.717) is 0 Å². The fourth-order valence-corrected chi connectivity index (χ4v) is 3.44. The van der Waals surface area contributed by atoms with E-state index in [1.165, 1.54) is 39.0 Å². The molecule has 0 radical (unpaired) electrons. The SMILES string of the molecule is C=C(C)C(=C)C.C=C/C=C(\C=C/C)c1cc(-c2cccc(-c3ccc(Br)cc3)c2)ccc1C.CC. The van der Waals surface area contributed by atoms with E-state index in [9.17, 15) is 0 Å². The van der Waals surface area contributed by atoms with E-state index in [2.05, 4.69) is 128 Å². The van der Waals surface area contributed by atoms with Crippen LogP contribution in [-0.2, 0) is 0 Å². The van der Waals surface area contributed by atoms with Gasteiger partial charge in [-0.3, -0.25) is 0 Å². The molecule has 182 valence electrons. The number of aryl methyl sites for hydroxylation is 1. The second-order valence-electron chi connectivity index (χ2n) is 8.04. The Hall–Kier alpha value is -3.16. The Bertz CT molecular complexity index is 1180. The summed E-state index contributed by atoms with van der Waals surface area (Å²) in [7, 11) is 0. The van der Waals surface area contributed by atoms with Crippen LogP contribution in [0.2, 0.25) is 0 Å². The highest BCUT2D eigenvalue weighted by Crippen LogP contribution is 2.30. The maximum Gasteiger partial charge on any atom is 0.0175 e. The zero-order chi connectivity index (χ0) is 26.4. The van der Waals surface area contributed by atoms with Crippen LogP contribution in [0.3, 0.4) is 0 Å². The van der Waals surface area contributed by atoms with Crippen LogP contribution in [0.25, 0.3) is 27.8 Å². The van der Waals surface area contributed by atoms with Crippen LogP contribution in [0.5, 0.6) is 0 Å². The van der Waals surface area contributed by atoms with Crippen LogP contribution < -0.4 is 0 Å². The van der Waals surface area contributed by atoms with Gasteiger partial charge in [-0.2, -0.15) is 0 Å². The zero-order valence-corrected chi connectivity index (χ0v) is 23.7. The molecule has 0 aromatic heterocycles. The van der Waals surface area contributed by atoms with Crippen LogP contribution in [0.1, 0.15) is 45.7 Å². The summed E-state index contributed by atoms with van der Waals surface area (Å²) in [5.41, 5.74) is 10.7. The molecule has 0 heterocycles. The lowest BCUT2D eigenvalue weighted by Gasteiger charge is -2.12. The molecule has 35 heavy (non-hydrogen) atoms. The van der Waals surface area contributed by atoms with E-state index in [1.807, 2.05) is 40.7 Å². The molecular formula is C34H39Br. The predicted octanol–water partition coefficient (Wildman–Crippen LogP) is 11.4. The summed E-state index contributed by atoms with van der Waals surface area (Å²) in [6, 6.07) is 23.8. The molecule has 0 amide bonds. The van der Waals surface area contributed by atoms with Crippen molar-refractivity contribution >= 4 is 21.5 Å². The highest BCUT2D eigenvalue weighted by molar-refractivity contribution is 9.10. The molecule has 0 unspecified atom stereocenters. The molecular weight excluding hydrogens is 488 g/mol. The molecule has 0 saturated heterocycles. The molecule has 1 heteroatoms. The maximum atomic E-state index is 3.86. The van der Waals surface area contributed by atoms with E-state index in [0.717, 1.165) is 15.6 Å². The summed E-state index contributed by atoms with van der Waals surface area (Å²) in [5.74, 6) is 0. The van der Waals surface area contributed by atoms with Crippen molar-refractivity contribution in [3.63, 3.8) is 0 Å². The van der Waals surface area contributed by atoms with Crippen molar-refractivity contribution in [2.75, 3.05) is 0 Å². The van der Waals surface area contributed by atoms with Crippen LogP contribution >= 0.6 is 15.9 Å². The highest BCUT2D eigenvalue weighted by atomic mass is 79.9. The zero-order valence-electron chi connectivity index (χ0n) is 22.2. The summed E-state index contributed by atoms with van der Waals surface area (Å²) < 4.78 is 1.09. The molecule has 0 saturated carbocycles. The summed E-state index contributed by atoms with van der Waals surface area (Å²) in [6.07, 6.45) is 8.10. The number of hydrogen-bond acceptors (Lipinski definition) is 0. The Morgan fingerprint density at radius 1 is 0.771 bits per heavy atom. The molecule has 0 aliphatic heterocycles. The van der Waals surface area contributed by atoms with Gasteiger partial charge in [0, 0.05) is 4.47 Å². The molecule has 0 atom stereocenters. The lowest BCUT2D eigenvalue weighted by Crippen LogP contribution is -1.89. The third-order valence-corrected chi connectivity index (χ3v) is 5.82. The minimum Gasteiger partial charge on any atom is -0.0990 e. The van der Waals surface area contributed by atoms with E-state index >= 15 is 0 Å². The normalized spacial score (nSPS) is 10.5. The second kappa shape index (κ2) is 15.7. The third-order valence-electron chi connectivity index (χ3n) is 5.29. The first-order valence-corrected chi connectivity index (χ1v) is 12.8. The van der Waals surface area contributed by atoms with Gasteiger partial charge in [0.25, 0.3) is 0 Å².